The summed E-state index contributed by atoms with van der Waals surface area (Å²) < 4.78 is 11.2. The Balaban J connectivity index is 1.07. The smallest absolute Gasteiger partial charge is 0.270 e. The largest absolute Gasteiger partial charge is 0.486 e. The van der Waals surface area contributed by atoms with Crippen molar-refractivity contribution in [3.63, 3.8) is 0 Å². The molecular weight excluding hydrogens is 470 g/mol. The van der Waals surface area contributed by atoms with E-state index in [2.05, 4.69) is 37.3 Å². The Labute approximate surface area is 217 Å². The number of oxazole rings is 1. The van der Waals surface area contributed by atoms with Crippen LogP contribution in [-0.2, 0) is 26.0 Å². The summed E-state index contributed by atoms with van der Waals surface area (Å²) in [7, 11) is 0. The Kier molecular flexibility index (Phi) is 8.11. The molecule has 1 aromatic carbocycles. The second kappa shape index (κ2) is 11.8. The third-order valence-corrected chi connectivity index (χ3v) is 7.38. The SMILES string of the molecule is Cc1ncoc1COc1ccc2c(c1)CCN(C[C@@H](O)CNC(=O)c1cc(CC3CCCC3)ncn1)C2. The summed E-state index contributed by atoms with van der Waals surface area (Å²) in [6, 6.07) is 7.91. The van der Waals surface area contributed by atoms with Gasteiger partial charge >= 0.3 is 0 Å². The summed E-state index contributed by atoms with van der Waals surface area (Å²) in [6.07, 6.45) is 9.03. The number of benzene rings is 1. The van der Waals surface area contributed by atoms with Crippen molar-refractivity contribution in [2.24, 2.45) is 5.92 Å². The van der Waals surface area contributed by atoms with Gasteiger partial charge in [0.15, 0.2) is 12.2 Å². The zero-order valence-corrected chi connectivity index (χ0v) is 21.4. The van der Waals surface area contributed by atoms with E-state index in [0.717, 1.165) is 48.8 Å². The van der Waals surface area contributed by atoms with Crippen LogP contribution in [0.4, 0.5) is 0 Å². The highest BCUT2D eigenvalue weighted by Crippen LogP contribution is 2.27. The van der Waals surface area contributed by atoms with Crippen molar-refractivity contribution in [3.05, 3.63) is 71.0 Å². The first-order chi connectivity index (χ1) is 18.0. The first kappa shape index (κ1) is 25.4. The van der Waals surface area contributed by atoms with Crippen molar-refractivity contribution in [2.45, 2.75) is 64.7 Å². The van der Waals surface area contributed by atoms with Gasteiger partial charge in [0.05, 0.1) is 11.8 Å². The number of ether oxygens (including phenoxy) is 1. The standard InChI is InChI=1S/C28H35N5O4/c1-19-27(37-18-32-19)16-36-25-7-6-22-14-33(9-8-21(22)11-25)15-24(34)13-29-28(35)26-12-23(30-17-31-26)10-20-4-2-3-5-20/h6-7,11-12,17-18,20,24,34H,2-5,8-10,13-16H2,1H3,(H,29,35)/t24-/m0/s1. The van der Waals surface area contributed by atoms with E-state index in [4.69, 9.17) is 9.15 Å². The van der Waals surface area contributed by atoms with Gasteiger partial charge < -0.3 is 19.6 Å². The number of hydrogen-bond donors (Lipinski definition) is 2. The molecule has 196 valence electrons. The van der Waals surface area contributed by atoms with Crippen LogP contribution in [0.1, 0.15) is 64.4 Å². The quantitative estimate of drug-likeness (QED) is 0.432. The molecule has 1 amide bonds. The lowest BCUT2D eigenvalue weighted by atomic mass is 9.99. The third-order valence-electron chi connectivity index (χ3n) is 7.38. The molecule has 0 radical (unpaired) electrons. The van der Waals surface area contributed by atoms with Gasteiger partial charge in [-0.1, -0.05) is 31.7 Å². The van der Waals surface area contributed by atoms with Crippen molar-refractivity contribution >= 4 is 5.91 Å². The van der Waals surface area contributed by atoms with Crippen LogP contribution in [-0.4, -0.2) is 56.6 Å². The van der Waals surface area contributed by atoms with Gasteiger partial charge in [0.1, 0.15) is 24.4 Å². The number of β-amino-alcohol motifs (C(OH)–C–C–N with tert-alkyl or cyclic N) is 1. The first-order valence-corrected chi connectivity index (χ1v) is 13.2. The number of nitrogens with one attached hydrogen (secondary N) is 1. The van der Waals surface area contributed by atoms with Crippen LogP contribution in [0.25, 0.3) is 0 Å². The number of aliphatic hydroxyl groups excluding tert-OH is 1. The molecule has 2 aliphatic rings. The number of aliphatic hydroxyl groups is 1. The lowest BCUT2D eigenvalue weighted by Crippen LogP contribution is -2.42. The van der Waals surface area contributed by atoms with E-state index in [1.165, 1.54) is 49.5 Å². The van der Waals surface area contributed by atoms with Crippen LogP contribution in [0.3, 0.4) is 0 Å². The van der Waals surface area contributed by atoms with Crippen molar-refractivity contribution in [2.75, 3.05) is 19.6 Å². The Morgan fingerprint density at radius 2 is 2.08 bits per heavy atom. The fourth-order valence-electron chi connectivity index (χ4n) is 5.25. The minimum atomic E-state index is -0.668. The van der Waals surface area contributed by atoms with Gasteiger partial charge in [0, 0.05) is 31.9 Å². The van der Waals surface area contributed by atoms with E-state index in [1.54, 1.807) is 6.07 Å². The number of carbonyl (C=O) groups excluding carboxylic acids is 1. The molecule has 1 aliphatic heterocycles. The molecule has 0 unspecified atom stereocenters. The van der Waals surface area contributed by atoms with Gasteiger partial charge in [-0.3, -0.25) is 9.69 Å². The van der Waals surface area contributed by atoms with E-state index in [9.17, 15) is 9.90 Å². The van der Waals surface area contributed by atoms with E-state index in [0.29, 0.717) is 24.8 Å². The van der Waals surface area contributed by atoms with Crippen LogP contribution in [0.2, 0.25) is 0 Å². The molecule has 5 rings (SSSR count). The minimum absolute atomic E-state index is 0.179. The zero-order valence-electron chi connectivity index (χ0n) is 21.4. The van der Waals surface area contributed by atoms with Crippen LogP contribution in [0.15, 0.2) is 41.4 Å². The maximum absolute atomic E-state index is 12.6. The summed E-state index contributed by atoms with van der Waals surface area (Å²) in [6.45, 7) is 4.49. The highest BCUT2D eigenvalue weighted by atomic mass is 16.5. The number of rotatable bonds is 10. The van der Waals surface area contributed by atoms with Gasteiger partial charge in [0.25, 0.3) is 5.91 Å². The molecule has 2 aromatic heterocycles. The number of hydrogen-bond acceptors (Lipinski definition) is 8. The molecule has 3 heterocycles. The maximum atomic E-state index is 12.6. The summed E-state index contributed by atoms with van der Waals surface area (Å²) in [5.74, 6) is 1.92. The van der Waals surface area contributed by atoms with Crippen LogP contribution < -0.4 is 10.1 Å². The van der Waals surface area contributed by atoms with Gasteiger partial charge in [-0.15, -0.1) is 0 Å². The maximum Gasteiger partial charge on any atom is 0.270 e. The Morgan fingerprint density at radius 1 is 1.22 bits per heavy atom. The Hall–Kier alpha value is -3.30. The Bertz CT molecular complexity index is 1210. The van der Waals surface area contributed by atoms with Crippen LogP contribution in [0.5, 0.6) is 5.75 Å². The molecule has 3 aromatic rings. The summed E-state index contributed by atoms with van der Waals surface area (Å²) in [4.78, 5) is 27.4. The average molecular weight is 506 g/mol. The van der Waals surface area contributed by atoms with Gasteiger partial charge in [0.2, 0.25) is 0 Å². The highest BCUT2D eigenvalue weighted by molar-refractivity contribution is 5.92. The van der Waals surface area contributed by atoms with Crippen LogP contribution >= 0.6 is 0 Å². The number of aryl methyl sites for hydroxylation is 1. The first-order valence-electron chi connectivity index (χ1n) is 13.2. The van der Waals surface area contributed by atoms with Crippen molar-refractivity contribution in [1.82, 2.24) is 25.2 Å². The fourth-order valence-corrected chi connectivity index (χ4v) is 5.25. The van der Waals surface area contributed by atoms with Gasteiger partial charge in [-0.2, -0.15) is 0 Å². The molecule has 2 N–H and O–H groups in total. The number of fused-ring (bicyclic) bond motifs is 1. The van der Waals surface area contributed by atoms with E-state index < -0.39 is 6.10 Å². The lowest BCUT2D eigenvalue weighted by molar-refractivity contribution is 0.0837. The third kappa shape index (κ3) is 6.72. The molecule has 37 heavy (non-hydrogen) atoms. The number of nitrogens with zero attached hydrogens (tertiary/aromatic N) is 4. The summed E-state index contributed by atoms with van der Waals surface area (Å²) >= 11 is 0. The molecule has 0 spiro atoms. The molecule has 1 atom stereocenters. The molecule has 1 fully saturated rings. The normalized spacial score (nSPS) is 16.9. The van der Waals surface area contributed by atoms with Crippen molar-refractivity contribution in [3.8, 4) is 5.75 Å². The van der Waals surface area contributed by atoms with Crippen molar-refractivity contribution in [1.29, 1.82) is 0 Å². The average Bonchev–Trinajstić information content (AvgIpc) is 3.57. The zero-order chi connectivity index (χ0) is 25.6. The minimum Gasteiger partial charge on any atom is -0.486 e. The van der Waals surface area contributed by atoms with Crippen LogP contribution in [0, 0.1) is 12.8 Å². The topological polar surface area (TPSA) is 114 Å². The predicted octanol–water partition coefficient (Wildman–Crippen LogP) is 3.23. The monoisotopic (exact) mass is 505 g/mol. The van der Waals surface area contributed by atoms with E-state index >= 15 is 0 Å². The predicted molar refractivity (Wildman–Crippen MR) is 137 cm³/mol. The molecule has 9 nitrogen and oxygen atoms in total. The molecule has 1 saturated carbocycles. The lowest BCUT2D eigenvalue weighted by Gasteiger charge is -2.30. The summed E-state index contributed by atoms with van der Waals surface area (Å²) in [5.41, 5.74) is 4.59. The molecular formula is C28H35N5O4. The molecule has 0 saturated heterocycles. The molecule has 0 bridgehead atoms. The number of carbonyl (C=O) groups is 1. The fraction of sp³-hybridized carbons (Fsp3) is 0.500. The highest BCUT2D eigenvalue weighted by Gasteiger charge is 2.21. The number of amides is 1. The second-order valence-electron chi connectivity index (χ2n) is 10.2. The van der Waals surface area contributed by atoms with E-state index in [-0.39, 0.29) is 12.5 Å². The van der Waals surface area contributed by atoms with Crippen molar-refractivity contribution < 1.29 is 19.1 Å². The van der Waals surface area contributed by atoms with Gasteiger partial charge in [-0.05, 0) is 55.0 Å². The summed E-state index contributed by atoms with van der Waals surface area (Å²) in [5, 5.41) is 13.4. The molecule has 1 aliphatic carbocycles. The second-order valence-corrected chi connectivity index (χ2v) is 10.2. The molecule has 9 heteroatoms. The Morgan fingerprint density at radius 3 is 2.89 bits per heavy atom. The number of aromatic nitrogens is 3. The van der Waals surface area contributed by atoms with E-state index in [1.807, 2.05) is 13.0 Å². The van der Waals surface area contributed by atoms with Gasteiger partial charge in [-0.25, -0.2) is 15.0 Å².